The van der Waals surface area contributed by atoms with Crippen LogP contribution in [0.15, 0.2) is 42.5 Å². The van der Waals surface area contributed by atoms with Crippen molar-refractivity contribution in [3.05, 3.63) is 69.0 Å². The van der Waals surface area contributed by atoms with Crippen molar-refractivity contribution in [3.63, 3.8) is 0 Å². The Hall–Kier alpha value is -2.99. The molecule has 2 heterocycles. The molecule has 0 N–H and O–H groups in total. The summed E-state index contributed by atoms with van der Waals surface area (Å²) in [6.45, 7) is 1.97. The van der Waals surface area contributed by atoms with Gasteiger partial charge in [0.15, 0.2) is 5.82 Å². The van der Waals surface area contributed by atoms with E-state index in [1.165, 1.54) is 18.6 Å². The maximum Gasteiger partial charge on any atom is 0.269 e. The zero-order valence-corrected chi connectivity index (χ0v) is 16.0. The number of halogens is 1. The Labute approximate surface area is 167 Å². The number of hydrogen-bond donors (Lipinski definition) is 0. The third kappa shape index (κ3) is 3.97. The molecule has 3 aromatic rings. The second-order valence-corrected chi connectivity index (χ2v) is 7.23. The van der Waals surface area contributed by atoms with Crippen LogP contribution in [0.3, 0.4) is 0 Å². The van der Waals surface area contributed by atoms with Gasteiger partial charge in [-0.3, -0.25) is 10.1 Å². The standard InChI is InChI=1S/C21H19ClN4O2/c22-16-7-10-18-19(14-16)23-20(24-21(18)25-12-2-1-3-13-25)11-6-15-4-8-17(9-5-15)26(27)28/h4-11,14H,1-3,12-13H2/b11-6-. The lowest BCUT2D eigenvalue weighted by molar-refractivity contribution is -0.384. The lowest BCUT2D eigenvalue weighted by Crippen LogP contribution is -2.30. The number of nitro groups is 1. The van der Waals surface area contributed by atoms with Gasteiger partial charge >= 0.3 is 0 Å². The molecule has 1 aliphatic rings. The molecule has 0 radical (unpaired) electrons. The van der Waals surface area contributed by atoms with Crippen LogP contribution in [0.4, 0.5) is 11.5 Å². The molecule has 0 bridgehead atoms. The van der Waals surface area contributed by atoms with Crippen molar-refractivity contribution < 1.29 is 4.92 Å². The molecule has 2 aromatic carbocycles. The largest absolute Gasteiger partial charge is 0.356 e. The summed E-state index contributed by atoms with van der Waals surface area (Å²) in [5.74, 6) is 1.53. The van der Waals surface area contributed by atoms with Gasteiger partial charge in [0.25, 0.3) is 5.69 Å². The Kier molecular flexibility index (Phi) is 5.21. The highest BCUT2D eigenvalue weighted by Crippen LogP contribution is 2.29. The fraction of sp³-hybridized carbons (Fsp3) is 0.238. The monoisotopic (exact) mass is 394 g/mol. The fourth-order valence-corrected chi connectivity index (χ4v) is 3.57. The first-order valence-corrected chi connectivity index (χ1v) is 9.63. The van der Waals surface area contributed by atoms with Crippen LogP contribution in [0, 0.1) is 10.1 Å². The molecule has 1 saturated heterocycles. The van der Waals surface area contributed by atoms with Gasteiger partial charge in [-0.1, -0.05) is 17.7 Å². The Morgan fingerprint density at radius 1 is 1.00 bits per heavy atom. The molecule has 0 unspecified atom stereocenters. The fourth-order valence-electron chi connectivity index (χ4n) is 3.40. The SMILES string of the molecule is O=[N+]([O-])c1ccc(/C=C\c2nc(N3CCCCC3)c3ccc(Cl)cc3n2)cc1. The molecule has 0 amide bonds. The van der Waals surface area contributed by atoms with E-state index in [2.05, 4.69) is 9.88 Å². The first kappa shape index (κ1) is 18.4. The molecule has 1 aromatic heterocycles. The van der Waals surface area contributed by atoms with E-state index < -0.39 is 4.92 Å². The van der Waals surface area contributed by atoms with Crippen LogP contribution in [-0.4, -0.2) is 28.0 Å². The second-order valence-electron chi connectivity index (χ2n) is 6.80. The van der Waals surface area contributed by atoms with Gasteiger partial charge in [-0.15, -0.1) is 0 Å². The van der Waals surface area contributed by atoms with E-state index in [9.17, 15) is 10.1 Å². The van der Waals surface area contributed by atoms with Gasteiger partial charge < -0.3 is 4.90 Å². The van der Waals surface area contributed by atoms with Crippen molar-refractivity contribution >= 4 is 46.2 Å². The molecule has 7 heteroatoms. The van der Waals surface area contributed by atoms with E-state index >= 15 is 0 Å². The van der Waals surface area contributed by atoms with Crippen LogP contribution in [0.5, 0.6) is 0 Å². The van der Waals surface area contributed by atoms with Crippen LogP contribution < -0.4 is 4.90 Å². The second kappa shape index (κ2) is 7.94. The van der Waals surface area contributed by atoms with E-state index in [4.69, 9.17) is 16.6 Å². The van der Waals surface area contributed by atoms with Gasteiger partial charge in [-0.25, -0.2) is 9.97 Å². The van der Waals surface area contributed by atoms with Crippen molar-refractivity contribution in [1.82, 2.24) is 9.97 Å². The molecule has 28 heavy (non-hydrogen) atoms. The zero-order chi connectivity index (χ0) is 19.5. The number of piperidine rings is 1. The van der Waals surface area contributed by atoms with Gasteiger partial charge in [0, 0.05) is 35.6 Å². The number of fused-ring (bicyclic) bond motifs is 1. The molecule has 1 aliphatic heterocycles. The summed E-state index contributed by atoms with van der Waals surface area (Å²) in [4.78, 5) is 22.1. The lowest BCUT2D eigenvalue weighted by atomic mass is 10.1. The molecule has 6 nitrogen and oxygen atoms in total. The van der Waals surface area contributed by atoms with Crippen LogP contribution in [0.2, 0.25) is 5.02 Å². The number of aromatic nitrogens is 2. The van der Waals surface area contributed by atoms with Crippen LogP contribution in [-0.2, 0) is 0 Å². The summed E-state index contributed by atoms with van der Waals surface area (Å²) in [5, 5.41) is 12.4. The van der Waals surface area contributed by atoms with Crippen LogP contribution in [0.25, 0.3) is 23.1 Å². The van der Waals surface area contributed by atoms with Crippen LogP contribution in [0.1, 0.15) is 30.7 Å². The first-order valence-electron chi connectivity index (χ1n) is 9.25. The van der Waals surface area contributed by atoms with Crippen molar-refractivity contribution in [2.45, 2.75) is 19.3 Å². The topological polar surface area (TPSA) is 72.2 Å². The highest BCUT2D eigenvalue weighted by Gasteiger charge is 2.16. The lowest BCUT2D eigenvalue weighted by Gasteiger charge is -2.28. The molecule has 1 fully saturated rings. The molecule has 142 valence electrons. The predicted molar refractivity (Wildman–Crippen MR) is 113 cm³/mol. The smallest absolute Gasteiger partial charge is 0.269 e. The maximum atomic E-state index is 10.8. The maximum absolute atomic E-state index is 10.8. The van der Waals surface area contributed by atoms with E-state index in [0.29, 0.717) is 10.8 Å². The quantitative estimate of drug-likeness (QED) is 0.440. The first-order chi connectivity index (χ1) is 13.6. The molecule has 4 rings (SSSR count). The third-order valence-electron chi connectivity index (χ3n) is 4.84. The number of nitro benzene ring substituents is 1. The summed E-state index contributed by atoms with van der Waals surface area (Å²) in [5.41, 5.74) is 1.73. The average Bonchev–Trinajstić information content (AvgIpc) is 2.72. The number of nitrogens with zero attached hydrogens (tertiary/aromatic N) is 4. The Balaban J connectivity index is 1.70. The summed E-state index contributed by atoms with van der Waals surface area (Å²) in [6, 6.07) is 12.1. The summed E-state index contributed by atoms with van der Waals surface area (Å²) in [6.07, 6.45) is 7.25. The minimum absolute atomic E-state index is 0.0705. The predicted octanol–water partition coefficient (Wildman–Crippen LogP) is 5.35. The number of rotatable bonds is 4. The number of non-ortho nitro benzene ring substituents is 1. The molecule has 0 spiro atoms. The van der Waals surface area contributed by atoms with E-state index in [1.807, 2.05) is 30.4 Å². The molecule has 0 saturated carbocycles. The molecule has 0 atom stereocenters. The van der Waals surface area contributed by atoms with E-state index in [-0.39, 0.29) is 5.69 Å². The Morgan fingerprint density at radius 3 is 2.46 bits per heavy atom. The highest BCUT2D eigenvalue weighted by molar-refractivity contribution is 6.31. The van der Waals surface area contributed by atoms with Gasteiger partial charge in [0.1, 0.15) is 5.82 Å². The number of anilines is 1. The van der Waals surface area contributed by atoms with Crippen LogP contribution >= 0.6 is 11.6 Å². The molecular weight excluding hydrogens is 376 g/mol. The number of hydrogen-bond acceptors (Lipinski definition) is 5. The van der Waals surface area contributed by atoms with Gasteiger partial charge in [0.2, 0.25) is 0 Å². The van der Waals surface area contributed by atoms with Crippen molar-refractivity contribution in [2.75, 3.05) is 18.0 Å². The van der Waals surface area contributed by atoms with Crippen molar-refractivity contribution in [1.29, 1.82) is 0 Å². The van der Waals surface area contributed by atoms with E-state index in [0.717, 1.165) is 48.2 Å². The molecular formula is C21H19ClN4O2. The van der Waals surface area contributed by atoms with Gasteiger partial charge in [0.05, 0.1) is 10.4 Å². The van der Waals surface area contributed by atoms with E-state index in [1.54, 1.807) is 12.1 Å². The Morgan fingerprint density at radius 2 is 1.75 bits per heavy atom. The minimum Gasteiger partial charge on any atom is -0.356 e. The van der Waals surface area contributed by atoms with Gasteiger partial charge in [-0.2, -0.15) is 0 Å². The van der Waals surface area contributed by atoms with Crippen molar-refractivity contribution in [2.24, 2.45) is 0 Å². The van der Waals surface area contributed by atoms with Gasteiger partial charge in [-0.05, 0) is 61.2 Å². The Bertz CT molecular complexity index is 1040. The minimum atomic E-state index is -0.408. The highest BCUT2D eigenvalue weighted by atomic mass is 35.5. The number of benzene rings is 2. The summed E-state index contributed by atoms with van der Waals surface area (Å²) >= 11 is 6.18. The summed E-state index contributed by atoms with van der Waals surface area (Å²) < 4.78 is 0. The zero-order valence-electron chi connectivity index (χ0n) is 15.2. The third-order valence-corrected chi connectivity index (χ3v) is 5.08. The summed E-state index contributed by atoms with van der Waals surface area (Å²) in [7, 11) is 0. The normalized spacial score (nSPS) is 14.7. The van der Waals surface area contributed by atoms with Crippen molar-refractivity contribution in [3.8, 4) is 0 Å². The average molecular weight is 395 g/mol. The molecule has 0 aliphatic carbocycles.